The topological polar surface area (TPSA) is 32.3 Å². The number of benzene rings is 1. The Hall–Kier alpha value is -1.17. The number of anilines is 1. The Bertz CT molecular complexity index is 399. The van der Waals surface area contributed by atoms with Crippen LogP contribution in [0.4, 0.5) is 19.3 Å². The third kappa shape index (κ3) is 3.39. The van der Waals surface area contributed by atoms with Crippen LogP contribution >= 0.6 is 15.9 Å². The van der Waals surface area contributed by atoms with Crippen LogP contribution < -0.4 is 5.32 Å². The third-order valence-corrected chi connectivity index (χ3v) is 2.91. The van der Waals surface area contributed by atoms with Crippen LogP contribution in [0.5, 0.6) is 0 Å². The Morgan fingerprint density at radius 2 is 1.94 bits per heavy atom. The van der Waals surface area contributed by atoms with Gasteiger partial charge in [-0.25, -0.2) is 13.6 Å². The molecular weight excluding hydrogens is 294 g/mol. The number of urea groups is 1. The lowest BCUT2D eigenvalue weighted by Gasteiger charge is -2.20. The van der Waals surface area contributed by atoms with E-state index in [-0.39, 0.29) is 10.2 Å². The molecule has 0 saturated heterocycles. The van der Waals surface area contributed by atoms with Crippen molar-refractivity contribution in [1.29, 1.82) is 0 Å². The maximum Gasteiger partial charge on any atom is 0.321 e. The van der Waals surface area contributed by atoms with E-state index < -0.39 is 17.7 Å². The molecule has 0 heterocycles. The third-order valence-electron chi connectivity index (χ3n) is 2.29. The summed E-state index contributed by atoms with van der Waals surface area (Å²) in [4.78, 5) is 13.2. The standard InChI is InChI=1S/C11H13BrF2N2O/c1-3-16(4-2)11(17)15-10-8(12)5-7(13)6-9(10)14/h5-6H,3-4H2,1-2H3,(H,15,17). The van der Waals surface area contributed by atoms with Crippen LogP contribution in [0.15, 0.2) is 16.6 Å². The zero-order valence-corrected chi connectivity index (χ0v) is 11.1. The van der Waals surface area contributed by atoms with Crippen molar-refractivity contribution < 1.29 is 13.6 Å². The summed E-state index contributed by atoms with van der Waals surface area (Å²) in [5, 5.41) is 2.41. The van der Waals surface area contributed by atoms with E-state index in [1.165, 1.54) is 4.90 Å². The van der Waals surface area contributed by atoms with Gasteiger partial charge in [-0.05, 0) is 35.8 Å². The highest BCUT2D eigenvalue weighted by molar-refractivity contribution is 9.10. The fourth-order valence-corrected chi connectivity index (χ4v) is 1.87. The van der Waals surface area contributed by atoms with Gasteiger partial charge in [-0.15, -0.1) is 0 Å². The van der Waals surface area contributed by atoms with Gasteiger partial charge in [0.25, 0.3) is 0 Å². The number of nitrogens with zero attached hydrogens (tertiary/aromatic N) is 1. The first kappa shape index (κ1) is 13.9. The Morgan fingerprint density at radius 1 is 1.35 bits per heavy atom. The molecule has 0 fully saturated rings. The van der Waals surface area contributed by atoms with E-state index in [2.05, 4.69) is 21.2 Å². The number of carbonyl (C=O) groups excluding carboxylic acids is 1. The highest BCUT2D eigenvalue weighted by Crippen LogP contribution is 2.27. The minimum Gasteiger partial charge on any atom is -0.325 e. The highest BCUT2D eigenvalue weighted by atomic mass is 79.9. The summed E-state index contributed by atoms with van der Waals surface area (Å²) in [6.45, 7) is 4.67. The maximum atomic E-state index is 13.4. The van der Waals surface area contributed by atoms with Crippen LogP contribution in [0.25, 0.3) is 0 Å². The molecule has 1 aromatic carbocycles. The molecule has 6 heteroatoms. The zero-order chi connectivity index (χ0) is 13.0. The van der Waals surface area contributed by atoms with Crippen molar-refractivity contribution in [2.75, 3.05) is 18.4 Å². The lowest BCUT2D eigenvalue weighted by molar-refractivity contribution is 0.217. The van der Waals surface area contributed by atoms with E-state index in [1.807, 2.05) is 13.8 Å². The lowest BCUT2D eigenvalue weighted by atomic mass is 10.3. The molecule has 0 aliphatic rings. The van der Waals surface area contributed by atoms with Crippen LogP contribution in [0, 0.1) is 11.6 Å². The number of hydrogen-bond donors (Lipinski definition) is 1. The summed E-state index contributed by atoms with van der Waals surface area (Å²) in [5.41, 5.74) is -0.0525. The molecule has 3 nitrogen and oxygen atoms in total. The number of carbonyl (C=O) groups is 1. The van der Waals surface area contributed by atoms with Crippen LogP contribution in [0.2, 0.25) is 0 Å². The number of rotatable bonds is 3. The quantitative estimate of drug-likeness (QED) is 0.909. The summed E-state index contributed by atoms with van der Waals surface area (Å²) in [5.74, 6) is -1.51. The van der Waals surface area contributed by atoms with Crippen molar-refractivity contribution in [3.8, 4) is 0 Å². The second kappa shape index (κ2) is 5.95. The predicted octanol–water partition coefficient (Wildman–Crippen LogP) is 3.60. The van der Waals surface area contributed by atoms with Gasteiger partial charge in [0.2, 0.25) is 0 Å². The van der Waals surface area contributed by atoms with E-state index in [4.69, 9.17) is 0 Å². The van der Waals surface area contributed by atoms with Gasteiger partial charge in [0.05, 0.1) is 5.69 Å². The monoisotopic (exact) mass is 306 g/mol. The maximum absolute atomic E-state index is 13.4. The molecule has 0 atom stereocenters. The van der Waals surface area contributed by atoms with E-state index >= 15 is 0 Å². The summed E-state index contributed by atoms with van der Waals surface area (Å²) in [7, 11) is 0. The Balaban J connectivity index is 2.92. The first-order chi connectivity index (χ1) is 7.99. The zero-order valence-electron chi connectivity index (χ0n) is 9.56. The molecule has 0 bridgehead atoms. The molecule has 1 N–H and O–H groups in total. The second-order valence-corrected chi connectivity index (χ2v) is 4.20. The average Bonchev–Trinajstić information content (AvgIpc) is 2.25. The first-order valence-electron chi connectivity index (χ1n) is 5.20. The molecule has 0 aliphatic carbocycles. The number of halogens is 3. The van der Waals surface area contributed by atoms with Crippen molar-refractivity contribution >= 4 is 27.6 Å². The summed E-state index contributed by atoms with van der Waals surface area (Å²) in [6, 6.07) is 1.41. The smallest absolute Gasteiger partial charge is 0.321 e. The largest absolute Gasteiger partial charge is 0.325 e. The van der Waals surface area contributed by atoms with Crippen LogP contribution in [0.1, 0.15) is 13.8 Å². The predicted molar refractivity (Wildman–Crippen MR) is 66.0 cm³/mol. The molecule has 0 radical (unpaired) electrons. The SMILES string of the molecule is CCN(CC)C(=O)Nc1c(F)cc(F)cc1Br. The van der Waals surface area contributed by atoms with Crippen LogP contribution in [0.3, 0.4) is 0 Å². The van der Waals surface area contributed by atoms with Gasteiger partial charge in [0.15, 0.2) is 5.82 Å². The fourth-order valence-electron chi connectivity index (χ4n) is 1.36. The van der Waals surface area contributed by atoms with E-state index in [0.29, 0.717) is 13.1 Å². The number of amides is 2. The molecule has 0 aromatic heterocycles. The van der Waals surface area contributed by atoms with Crippen molar-refractivity contribution in [2.24, 2.45) is 0 Å². The molecule has 2 amide bonds. The van der Waals surface area contributed by atoms with Gasteiger partial charge < -0.3 is 10.2 Å². The van der Waals surface area contributed by atoms with Gasteiger partial charge in [0.1, 0.15) is 5.82 Å². The average molecular weight is 307 g/mol. The van der Waals surface area contributed by atoms with Crippen molar-refractivity contribution in [3.05, 3.63) is 28.2 Å². The minimum atomic E-state index is -0.808. The van der Waals surface area contributed by atoms with E-state index in [9.17, 15) is 13.6 Å². The van der Waals surface area contributed by atoms with Gasteiger partial charge in [0, 0.05) is 23.6 Å². The molecule has 0 aliphatic heterocycles. The molecular formula is C11H13BrF2N2O. The molecule has 0 saturated carbocycles. The number of hydrogen-bond acceptors (Lipinski definition) is 1. The fraction of sp³-hybridized carbons (Fsp3) is 0.364. The van der Waals surface area contributed by atoms with Crippen molar-refractivity contribution in [2.45, 2.75) is 13.8 Å². The van der Waals surface area contributed by atoms with Gasteiger partial charge >= 0.3 is 6.03 Å². The molecule has 0 spiro atoms. The summed E-state index contributed by atoms with van der Waals surface area (Å²) in [6.07, 6.45) is 0. The lowest BCUT2D eigenvalue weighted by Crippen LogP contribution is -2.34. The highest BCUT2D eigenvalue weighted by Gasteiger charge is 2.15. The molecule has 17 heavy (non-hydrogen) atoms. The first-order valence-corrected chi connectivity index (χ1v) is 5.99. The van der Waals surface area contributed by atoms with Crippen LogP contribution in [-0.4, -0.2) is 24.0 Å². The second-order valence-electron chi connectivity index (χ2n) is 3.35. The van der Waals surface area contributed by atoms with Crippen molar-refractivity contribution in [1.82, 2.24) is 4.90 Å². The molecule has 1 rings (SSSR count). The normalized spacial score (nSPS) is 10.2. The summed E-state index contributed by atoms with van der Waals surface area (Å²) >= 11 is 3.01. The molecule has 1 aromatic rings. The Labute approximate surface area is 107 Å². The number of nitrogens with one attached hydrogen (secondary N) is 1. The van der Waals surface area contributed by atoms with Gasteiger partial charge in [-0.3, -0.25) is 0 Å². The van der Waals surface area contributed by atoms with Gasteiger partial charge in [-0.1, -0.05) is 0 Å². The Kier molecular flexibility index (Phi) is 4.86. The molecule has 0 unspecified atom stereocenters. The van der Waals surface area contributed by atoms with E-state index in [1.54, 1.807) is 0 Å². The van der Waals surface area contributed by atoms with Gasteiger partial charge in [-0.2, -0.15) is 0 Å². The molecule has 94 valence electrons. The summed E-state index contributed by atoms with van der Waals surface area (Å²) < 4.78 is 26.5. The van der Waals surface area contributed by atoms with Crippen molar-refractivity contribution in [3.63, 3.8) is 0 Å². The van der Waals surface area contributed by atoms with E-state index in [0.717, 1.165) is 12.1 Å². The Morgan fingerprint density at radius 3 is 2.41 bits per heavy atom. The minimum absolute atomic E-state index is 0.0525. The van der Waals surface area contributed by atoms with Crippen LogP contribution in [-0.2, 0) is 0 Å².